The van der Waals surface area contributed by atoms with Crippen molar-refractivity contribution in [3.05, 3.63) is 22.9 Å². The van der Waals surface area contributed by atoms with E-state index in [4.69, 9.17) is 4.98 Å². The van der Waals surface area contributed by atoms with Crippen LogP contribution in [0.4, 0.5) is 5.82 Å². The molecule has 1 aromatic heterocycles. The van der Waals surface area contributed by atoms with Crippen molar-refractivity contribution in [2.24, 2.45) is 5.92 Å². The van der Waals surface area contributed by atoms with Crippen LogP contribution in [0, 0.1) is 31.1 Å². The van der Waals surface area contributed by atoms with E-state index in [2.05, 4.69) is 11.0 Å². The highest BCUT2D eigenvalue weighted by molar-refractivity contribution is 5.59. The number of hydrogen-bond donors (Lipinski definition) is 0. The maximum Gasteiger partial charge on any atom is 0.147 e. The summed E-state index contributed by atoms with van der Waals surface area (Å²) in [5.41, 5.74) is 2.86. The molecule has 1 aromatic rings. The minimum atomic E-state index is 0.620. The van der Waals surface area contributed by atoms with Gasteiger partial charge in [-0.3, -0.25) is 0 Å². The topological polar surface area (TPSA) is 39.9 Å². The molecular formula is C16H21N3. The van der Waals surface area contributed by atoms with Crippen LogP contribution in [0.3, 0.4) is 0 Å². The highest BCUT2D eigenvalue weighted by Crippen LogP contribution is 2.39. The minimum Gasteiger partial charge on any atom is -0.352 e. The maximum atomic E-state index is 9.44. The third-order valence-electron chi connectivity index (χ3n) is 4.70. The standard InChI is InChI=1S/C16H21N3/c1-11-9-12(2)18-16(14(11)10-17)19-8-4-6-13-5-3-7-15(13)19/h9,13,15H,3-8H2,1-2H3. The molecule has 2 fully saturated rings. The van der Waals surface area contributed by atoms with Crippen LogP contribution < -0.4 is 4.90 Å². The second-order valence-electron chi connectivity index (χ2n) is 5.98. The average Bonchev–Trinajstić information content (AvgIpc) is 2.85. The summed E-state index contributed by atoms with van der Waals surface area (Å²) in [5, 5.41) is 9.44. The molecule has 19 heavy (non-hydrogen) atoms. The van der Waals surface area contributed by atoms with E-state index in [-0.39, 0.29) is 0 Å². The van der Waals surface area contributed by atoms with E-state index in [1.54, 1.807) is 0 Å². The van der Waals surface area contributed by atoms with Crippen molar-refractivity contribution < 1.29 is 0 Å². The van der Waals surface area contributed by atoms with Gasteiger partial charge in [-0.2, -0.15) is 5.26 Å². The summed E-state index contributed by atoms with van der Waals surface area (Å²) in [7, 11) is 0. The van der Waals surface area contributed by atoms with E-state index in [0.29, 0.717) is 6.04 Å². The zero-order valence-corrected chi connectivity index (χ0v) is 11.8. The van der Waals surface area contributed by atoms with Crippen LogP contribution >= 0.6 is 0 Å². The predicted molar refractivity (Wildman–Crippen MR) is 76.1 cm³/mol. The zero-order valence-electron chi connectivity index (χ0n) is 11.8. The van der Waals surface area contributed by atoms with Gasteiger partial charge in [0.1, 0.15) is 11.9 Å². The molecule has 0 radical (unpaired) electrons. The van der Waals surface area contributed by atoms with Crippen molar-refractivity contribution >= 4 is 5.82 Å². The van der Waals surface area contributed by atoms with E-state index >= 15 is 0 Å². The Kier molecular flexibility index (Phi) is 3.18. The number of aromatic nitrogens is 1. The van der Waals surface area contributed by atoms with Crippen molar-refractivity contribution in [3.8, 4) is 6.07 Å². The number of nitriles is 1. The van der Waals surface area contributed by atoms with Gasteiger partial charge in [0.2, 0.25) is 0 Å². The number of anilines is 1. The first-order chi connectivity index (χ1) is 9.20. The summed E-state index contributed by atoms with van der Waals surface area (Å²) in [6, 6.07) is 5.00. The van der Waals surface area contributed by atoms with Gasteiger partial charge in [0.15, 0.2) is 0 Å². The first-order valence-corrected chi connectivity index (χ1v) is 7.35. The Balaban J connectivity index is 2.03. The van der Waals surface area contributed by atoms with E-state index in [1.807, 2.05) is 19.9 Å². The summed E-state index contributed by atoms with van der Waals surface area (Å²) in [4.78, 5) is 7.12. The van der Waals surface area contributed by atoms with Crippen molar-refractivity contribution in [1.82, 2.24) is 4.98 Å². The maximum absolute atomic E-state index is 9.44. The lowest BCUT2D eigenvalue weighted by Gasteiger charge is -2.39. The number of rotatable bonds is 1. The molecule has 1 aliphatic carbocycles. The molecule has 2 aliphatic rings. The van der Waals surface area contributed by atoms with Crippen LogP contribution in [-0.2, 0) is 0 Å². The Hall–Kier alpha value is -1.56. The SMILES string of the molecule is Cc1cc(C)c(C#N)c(N2CCCC3CCCC32)n1. The van der Waals surface area contributed by atoms with Crippen LogP contribution in [0.2, 0.25) is 0 Å². The summed E-state index contributed by atoms with van der Waals surface area (Å²) >= 11 is 0. The Morgan fingerprint density at radius 1 is 1.26 bits per heavy atom. The van der Waals surface area contributed by atoms with Gasteiger partial charge in [-0.15, -0.1) is 0 Å². The van der Waals surface area contributed by atoms with Gasteiger partial charge >= 0.3 is 0 Å². The van der Waals surface area contributed by atoms with Gasteiger partial charge < -0.3 is 4.90 Å². The first kappa shape index (κ1) is 12.5. The molecule has 3 nitrogen and oxygen atoms in total. The Morgan fingerprint density at radius 3 is 2.84 bits per heavy atom. The second kappa shape index (κ2) is 4.85. The molecule has 0 N–H and O–H groups in total. The lowest BCUT2D eigenvalue weighted by atomic mass is 9.91. The molecule has 0 aromatic carbocycles. The largest absolute Gasteiger partial charge is 0.352 e. The van der Waals surface area contributed by atoms with Gasteiger partial charge in [-0.1, -0.05) is 6.42 Å². The molecule has 1 saturated heterocycles. The Bertz CT molecular complexity index is 530. The van der Waals surface area contributed by atoms with E-state index in [1.165, 1.54) is 32.1 Å². The molecule has 0 spiro atoms. The Morgan fingerprint density at radius 2 is 2.05 bits per heavy atom. The fourth-order valence-electron chi connectivity index (χ4n) is 3.88. The van der Waals surface area contributed by atoms with Crippen LogP contribution in [0.25, 0.3) is 0 Å². The number of fused-ring (bicyclic) bond motifs is 1. The number of nitrogens with zero attached hydrogens (tertiary/aromatic N) is 3. The fourth-order valence-corrected chi connectivity index (χ4v) is 3.88. The van der Waals surface area contributed by atoms with Crippen LogP contribution in [0.5, 0.6) is 0 Å². The molecule has 100 valence electrons. The summed E-state index contributed by atoms with van der Waals surface area (Å²) in [6.45, 7) is 5.10. The minimum absolute atomic E-state index is 0.620. The second-order valence-corrected chi connectivity index (χ2v) is 5.98. The monoisotopic (exact) mass is 255 g/mol. The molecule has 3 heteroatoms. The van der Waals surface area contributed by atoms with Crippen molar-refractivity contribution in [1.29, 1.82) is 5.26 Å². The average molecular weight is 255 g/mol. The molecule has 0 amide bonds. The van der Waals surface area contributed by atoms with Crippen LogP contribution in [0.15, 0.2) is 6.07 Å². The summed E-state index contributed by atoms with van der Waals surface area (Å²) in [5.74, 6) is 1.76. The number of pyridine rings is 1. The quantitative estimate of drug-likeness (QED) is 0.772. The highest BCUT2D eigenvalue weighted by atomic mass is 15.2. The van der Waals surface area contributed by atoms with Gasteiger partial charge in [-0.05, 0) is 57.1 Å². The predicted octanol–water partition coefficient (Wildman–Crippen LogP) is 3.34. The molecule has 2 atom stereocenters. The first-order valence-electron chi connectivity index (χ1n) is 7.35. The van der Waals surface area contributed by atoms with Gasteiger partial charge in [0.05, 0.1) is 5.56 Å². The smallest absolute Gasteiger partial charge is 0.147 e. The van der Waals surface area contributed by atoms with Gasteiger partial charge in [0.25, 0.3) is 0 Å². The summed E-state index contributed by atoms with van der Waals surface area (Å²) in [6.07, 6.45) is 6.55. The lowest BCUT2D eigenvalue weighted by Crippen LogP contribution is -2.43. The third-order valence-corrected chi connectivity index (χ3v) is 4.70. The van der Waals surface area contributed by atoms with E-state index < -0.39 is 0 Å². The fraction of sp³-hybridized carbons (Fsp3) is 0.625. The highest BCUT2D eigenvalue weighted by Gasteiger charge is 2.36. The molecule has 1 saturated carbocycles. The zero-order chi connectivity index (χ0) is 13.4. The molecular weight excluding hydrogens is 234 g/mol. The number of piperidine rings is 1. The van der Waals surface area contributed by atoms with Gasteiger partial charge in [0, 0.05) is 18.3 Å². The van der Waals surface area contributed by atoms with Crippen molar-refractivity contribution in [3.63, 3.8) is 0 Å². The van der Waals surface area contributed by atoms with E-state index in [9.17, 15) is 5.26 Å². The van der Waals surface area contributed by atoms with Crippen LogP contribution in [-0.4, -0.2) is 17.6 Å². The number of hydrogen-bond acceptors (Lipinski definition) is 3. The molecule has 2 heterocycles. The van der Waals surface area contributed by atoms with Crippen LogP contribution in [0.1, 0.15) is 48.9 Å². The molecule has 0 bridgehead atoms. The van der Waals surface area contributed by atoms with Crippen molar-refractivity contribution in [2.45, 2.75) is 52.0 Å². The normalized spacial score (nSPS) is 26.1. The third kappa shape index (κ3) is 2.10. The molecule has 1 aliphatic heterocycles. The van der Waals surface area contributed by atoms with Gasteiger partial charge in [-0.25, -0.2) is 4.98 Å². The molecule has 2 unspecified atom stereocenters. The summed E-state index contributed by atoms with van der Waals surface area (Å²) < 4.78 is 0. The van der Waals surface area contributed by atoms with Crippen molar-refractivity contribution in [2.75, 3.05) is 11.4 Å². The molecule has 3 rings (SSSR count). The lowest BCUT2D eigenvalue weighted by molar-refractivity contribution is 0.360. The van der Waals surface area contributed by atoms with E-state index in [0.717, 1.165) is 35.1 Å². The number of aryl methyl sites for hydroxylation is 2. The Labute approximate surface area is 115 Å².